The summed E-state index contributed by atoms with van der Waals surface area (Å²) in [6.45, 7) is 4.97. The van der Waals surface area contributed by atoms with E-state index in [2.05, 4.69) is 41.4 Å². The molecule has 2 aromatic rings. The Morgan fingerprint density at radius 1 is 1.24 bits per heavy atom. The van der Waals surface area contributed by atoms with E-state index in [1.807, 2.05) is 19.2 Å². The molecule has 0 atom stereocenters. The molecular weight excluding hydrogens is 214 g/mol. The maximum absolute atomic E-state index is 5.20. The Morgan fingerprint density at radius 2 is 1.94 bits per heavy atom. The first-order valence-corrected chi connectivity index (χ1v) is 5.78. The molecule has 90 valence electrons. The standard InChI is InChI=1S/C13H17N3O/c1-9(2)10-4-6-11(7-5-10)13-15-12(8-14-3)16-17-13/h4-7,9,14H,8H2,1-3H3. The quantitative estimate of drug-likeness (QED) is 0.878. The summed E-state index contributed by atoms with van der Waals surface area (Å²) < 4.78 is 5.20. The van der Waals surface area contributed by atoms with Crippen LogP contribution in [0.4, 0.5) is 0 Å². The molecule has 0 spiro atoms. The summed E-state index contributed by atoms with van der Waals surface area (Å²) in [6.07, 6.45) is 0. The maximum atomic E-state index is 5.20. The normalized spacial score (nSPS) is 11.1. The molecule has 1 aromatic heterocycles. The van der Waals surface area contributed by atoms with Crippen molar-refractivity contribution in [2.24, 2.45) is 0 Å². The molecule has 0 amide bonds. The monoisotopic (exact) mass is 231 g/mol. The van der Waals surface area contributed by atoms with Crippen LogP contribution in [0.1, 0.15) is 31.2 Å². The van der Waals surface area contributed by atoms with Crippen LogP contribution in [0.3, 0.4) is 0 Å². The van der Waals surface area contributed by atoms with Crippen molar-refractivity contribution >= 4 is 0 Å². The van der Waals surface area contributed by atoms with Crippen LogP contribution in [0.2, 0.25) is 0 Å². The number of nitrogens with zero attached hydrogens (tertiary/aromatic N) is 2. The second-order valence-electron chi connectivity index (χ2n) is 4.32. The summed E-state index contributed by atoms with van der Waals surface area (Å²) in [6, 6.07) is 8.24. The van der Waals surface area contributed by atoms with Crippen molar-refractivity contribution in [3.8, 4) is 11.5 Å². The second-order valence-corrected chi connectivity index (χ2v) is 4.32. The van der Waals surface area contributed by atoms with Crippen LogP contribution < -0.4 is 5.32 Å². The highest BCUT2D eigenvalue weighted by molar-refractivity contribution is 5.53. The highest BCUT2D eigenvalue weighted by atomic mass is 16.5. The smallest absolute Gasteiger partial charge is 0.257 e. The van der Waals surface area contributed by atoms with Gasteiger partial charge in [0.2, 0.25) is 0 Å². The fourth-order valence-electron chi connectivity index (χ4n) is 1.61. The lowest BCUT2D eigenvalue weighted by atomic mass is 10.0. The van der Waals surface area contributed by atoms with Gasteiger partial charge in [-0.2, -0.15) is 4.98 Å². The lowest BCUT2D eigenvalue weighted by Crippen LogP contribution is -2.06. The maximum Gasteiger partial charge on any atom is 0.257 e. The number of benzene rings is 1. The molecule has 1 heterocycles. The molecule has 0 unspecified atom stereocenters. The predicted octanol–water partition coefficient (Wildman–Crippen LogP) is 2.58. The summed E-state index contributed by atoms with van der Waals surface area (Å²) in [5.74, 6) is 1.78. The summed E-state index contributed by atoms with van der Waals surface area (Å²) in [7, 11) is 1.85. The molecule has 4 nitrogen and oxygen atoms in total. The molecule has 0 radical (unpaired) electrons. The summed E-state index contributed by atoms with van der Waals surface area (Å²) in [5.41, 5.74) is 2.27. The third kappa shape index (κ3) is 2.71. The van der Waals surface area contributed by atoms with Crippen molar-refractivity contribution < 1.29 is 4.52 Å². The van der Waals surface area contributed by atoms with Crippen LogP contribution in [0, 0.1) is 0 Å². The fourth-order valence-corrected chi connectivity index (χ4v) is 1.61. The van der Waals surface area contributed by atoms with Gasteiger partial charge in [-0.3, -0.25) is 0 Å². The van der Waals surface area contributed by atoms with E-state index >= 15 is 0 Å². The fraction of sp³-hybridized carbons (Fsp3) is 0.385. The molecule has 0 fully saturated rings. The predicted molar refractivity (Wildman–Crippen MR) is 66.6 cm³/mol. The molecule has 1 N–H and O–H groups in total. The van der Waals surface area contributed by atoms with Gasteiger partial charge in [0, 0.05) is 5.56 Å². The van der Waals surface area contributed by atoms with Crippen LogP contribution in [-0.4, -0.2) is 17.2 Å². The molecular formula is C13H17N3O. The molecule has 2 rings (SSSR count). The topological polar surface area (TPSA) is 51.0 Å². The largest absolute Gasteiger partial charge is 0.334 e. The Balaban J connectivity index is 2.21. The van der Waals surface area contributed by atoms with Gasteiger partial charge in [0.1, 0.15) is 0 Å². The minimum absolute atomic E-state index is 0.534. The average Bonchev–Trinajstić information content (AvgIpc) is 2.78. The van der Waals surface area contributed by atoms with Crippen molar-refractivity contribution in [1.82, 2.24) is 15.5 Å². The zero-order chi connectivity index (χ0) is 12.3. The number of hydrogen-bond acceptors (Lipinski definition) is 4. The van der Waals surface area contributed by atoms with Crippen molar-refractivity contribution in [3.05, 3.63) is 35.7 Å². The van der Waals surface area contributed by atoms with Gasteiger partial charge in [-0.1, -0.05) is 31.1 Å². The highest BCUT2D eigenvalue weighted by Gasteiger charge is 2.08. The van der Waals surface area contributed by atoms with Crippen molar-refractivity contribution in [2.75, 3.05) is 7.05 Å². The van der Waals surface area contributed by atoms with E-state index in [1.165, 1.54) is 5.56 Å². The Bertz CT molecular complexity index is 474. The lowest BCUT2D eigenvalue weighted by Gasteiger charge is -2.04. The average molecular weight is 231 g/mol. The third-order valence-corrected chi connectivity index (χ3v) is 2.63. The van der Waals surface area contributed by atoms with Crippen LogP contribution in [0.25, 0.3) is 11.5 Å². The first kappa shape index (κ1) is 11.8. The molecule has 0 aliphatic heterocycles. The van der Waals surface area contributed by atoms with E-state index in [-0.39, 0.29) is 0 Å². The Kier molecular flexibility index (Phi) is 3.54. The number of hydrogen-bond donors (Lipinski definition) is 1. The van der Waals surface area contributed by atoms with Crippen molar-refractivity contribution in [2.45, 2.75) is 26.3 Å². The number of rotatable bonds is 4. The molecule has 0 bridgehead atoms. The summed E-state index contributed by atoms with van der Waals surface area (Å²) in [4.78, 5) is 4.30. The van der Waals surface area contributed by atoms with E-state index in [1.54, 1.807) is 0 Å². The SMILES string of the molecule is CNCc1noc(-c2ccc(C(C)C)cc2)n1. The van der Waals surface area contributed by atoms with Gasteiger partial charge < -0.3 is 9.84 Å². The van der Waals surface area contributed by atoms with Gasteiger partial charge in [-0.25, -0.2) is 0 Å². The van der Waals surface area contributed by atoms with E-state index in [0.29, 0.717) is 24.2 Å². The van der Waals surface area contributed by atoms with Crippen LogP contribution in [0.15, 0.2) is 28.8 Å². The number of nitrogens with one attached hydrogen (secondary N) is 1. The molecule has 4 heteroatoms. The van der Waals surface area contributed by atoms with E-state index < -0.39 is 0 Å². The van der Waals surface area contributed by atoms with Crippen LogP contribution >= 0.6 is 0 Å². The first-order chi connectivity index (χ1) is 8.20. The molecule has 0 saturated heterocycles. The molecule has 17 heavy (non-hydrogen) atoms. The van der Waals surface area contributed by atoms with Crippen LogP contribution in [-0.2, 0) is 6.54 Å². The minimum Gasteiger partial charge on any atom is -0.334 e. The van der Waals surface area contributed by atoms with Gasteiger partial charge in [-0.15, -0.1) is 0 Å². The Labute approximate surface area is 101 Å². The summed E-state index contributed by atoms with van der Waals surface area (Å²) in [5, 5.41) is 6.88. The summed E-state index contributed by atoms with van der Waals surface area (Å²) >= 11 is 0. The third-order valence-electron chi connectivity index (χ3n) is 2.63. The first-order valence-electron chi connectivity index (χ1n) is 5.78. The van der Waals surface area contributed by atoms with Crippen molar-refractivity contribution in [1.29, 1.82) is 0 Å². The van der Waals surface area contributed by atoms with Gasteiger partial charge in [0.25, 0.3) is 5.89 Å². The number of aromatic nitrogens is 2. The molecule has 0 aliphatic carbocycles. The van der Waals surface area contributed by atoms with E-state index in [9.17, 15) is 0 Å². The van der Waals surface area contributed by atoms with E-state index in [0.717, 1.165) is 5.56 Å². The Hall–Kier alpha value is -1.68. The van der Waals surface area contributed by atoms with Crippen molar-refractivity contribution in [3.63, 3.8) is 0 Å². The van der Waals surface area contributed by atoms with Gasteiger partial charge >= 0.3 is 0 Å². The van der Waals surface area contributed by atoms with Gasteiger partial charge in [0.15, 0.2) is 5.82 Å². The zero-order valence-corrected chi connectivity index (χ0v) is 10.4. The van der Waals surface area contributed by atoms with Gasteiger partial charge in [-0.05, 0) is 30.7 Å². The molecule has 0 aliphatic rings. The second kappa shape index (κ2) is 5.10. The lowest BCUT2D eigenvalue weighted by molar-refractivity contribution is 0.420. The zero-order valence-electron chi connectivity index (χ0n) is 10.4. The minimum atomic E-state index is 0.534. The van der Waals surface area contributed by atoms with Crippen LogP contribution in [0.5, 0.6) is 0 Å². The molecule has 0 saturated carbocycles. The highest BCUT2D eigenvalue weighted by Crippen LogP contribution is 2.21. The molecule has 1 aromatic carbocycles. The van der Waals surface area contributed by atoms with Gasteiger partial charge in [0.05, 0.1) is 6.54 Å². The van der Waals surface area contributed by atoms with E-state index in [4.69, 9.17) is 4.52 Å². The Morgan fingerprint density at radius 3 is 2.53 bits per heavy atom.